The van der Waals surface area contributed by atoms with Crippen molar-refractivity contribution in [1.29, 1.82) is 0 Å². The molecular weight excluding hydrogens is 244 g/mol. The van der Waals surface area contributed by atoms with Crippen molar-refractivity contribution < 1.29 is 0 Å². The molecule has 0 aromatic carbocycles. The largest absolute Gasteiger partial charge is 0.370 e. The average Bonchev–Trinajstić information content (AvgIpc) is 2.82. The van der Waals surface area contributed by atoms with Gasteiger partial charge in [0, 0.05) is 24.4 Å². The molecule has 2 aromatic heterocycles. The van der Waals surface area contributed by atoms with Gasteiger partial charge in [0.1, 0.15) is 5.82 Å². The minimum absolute atomic E-state index is 0.427. The van der Waals surface area contributed by atoms with E-state index in [9.17, 15) is 0 Å². The number of nitrogens with one attached hydrogen (secondary N) is 1. The predicted molar refractivity (Wildman–Crippen MR) is 78.6 cm³/mol. The molecule has 0 atom stereocenters. The van der Waals surface area contributed by atoms with Gasteiger partial charge in [0.15, 0.2) is 5.65 Å². The lowest BCUT2D eigenvalue weighted by Gasteiger charge is -2.11. The van der Waals surface area contributed by atoms with E-state index in [1.807, 2.05) is 22.3 Å². The third kappa shape index (κ3) is 2.96. The number of rotatable bonds is 6. The van der Waals surface area contributed by atoms with Crippen LogP contribution in [-0.2, 0) is 0 Å². The highest BCUT2D eigenvalue weighted by atomic mass is 32.2. The number of nitrogens with zero attached hydrogens (tertiary/aromatic N) is 3. The van der Waals surface area contributed by atoms with Crippen LogP contribution in [0.4, 0.5) is 5.82 Å². The van der Waals surface area contributed by atoms with Gasteiger partial charge in [-0.05, 0) is 24.3 Å². The van der Waals surface area contributed by atoms with E-state index >= 15 is 0 Å². The van der Waals surface area contributed by atoms with Gasteiger partial charge < -0.3 is 5.32 Å². The summed E-state index contributed by atoms with van der Waals surface area (Å²) in [5.74, 6) is 2.64. The monoisotopic (exact) mass is 264 g/mol. The lowest BCUT2D eigenvalue weighted by Crippen LogP contribution is -2.09. The molecule has 98 valence electrons. The zero-order valence-electron chi connectivity index (χ0n) is 11.2. The molecule has 0 aliphatic rings. The molecule has 0 saturated carbocycles. The molecule has 5 heteroatoms. The summed E-state index contributed by atoms with van der Waals surface area (Å²) in [5, 5.41) is 7.76. The molecule has 0 aliphatic carbocycles. The molecule has 2 aromatic rings. The quantitative estimate of drug-likeness (QED) is 0.814. The maximum atomic E-state index is 4.60. The highest BCUT2D eigenvalue weighted by molar-refractivity contribution is 7.98. The minimum atomic E-state index is 0.427. The molecular formula is C13H20N4S. The summed E-state index contributed by atoms with van der Waals surface area (Å²) >= 11 is 1.88. The fourth-order valence-electron chi connectivity index (χ4n) is 1.79. The lowest BCUT2D eigenvalue weighted by atomic mass is 10.1. The normalized spacial score (nSPS) is 11.3. The van der Waals surface area contributed by atoms with E-state index in [1.165, 1.54) is 5.75 Å². The van der Waals surface area contributed by atoms with Gasteiger partial charge in [-0.3, -0.25) is 0 Å². The van der Waals surface area contributed by atoms with Crippen molar-refractivity contribution in [3.05, 3.63) is 24.0 Å². The highest BCUT2D eigenvalue weighted by Crippen LogP contribution is 2.18. The Morgan fingerprint density at radius 3 is 3.00 bits per heavy atom. The summed E-state index contributed by atoms with van der Waals surface area (Å²) in [4.78, 5) is 4.60. The van der Waals surface area contributed by atoms with Crippen molar-refractivity contribution in [3.8, 4) is 0 Å². The third-order valence-corrected chi connectivity index (χ3v) is 3.50. The van der Waals surface area contributed by atoms with Gasteiger partial charge >= 0.3 is 0 Å². The molecule has 0 unspecified atom stereocenters. The topological polar surface area (TPSA) is 42.2 Å². The standard InChI is InChI=1S/C13H20N4S/c1-10(2)11-9-13(14-6-4-8-18-3)17-12(16-11)5-7-15-17/h5,7,9-10,14H,4,6,8H2,1-3H3. The minimum Gasteiger partial charge on any atom is -0.370 e. The molecule has 0 saturated heterocycles. The molecule has 0 fully saturated rings. The fraction of sp³-hybridized carbons (Fsp3) is 0.538. The van der Waals surface area contributed by atoms with Crippen molar-refractivity contribution in [1.82, 2.24) is 14.6 Å². The summed E-state index contributed by atoms with van der Waals surface area (Å²) in [6, 6.07) is 4.04. The van der Waals surface area contributed by atoms with E-state index in [2.05, 4.69) is 41.6 Å². The molecule has 18 heavy (non-hydrogen) atoms. The van der Waals surface area contributed by atoms with E-state index in [4.69, 9.17) is 0 Å². The predicted octanol–water partition coefficient (Wildman–Crippen LogP) is 3.02. The van der Waals surface area contributed by atoms with Crippen LogP contribution < -0.4 is 5.32 Å². The molecule has 2 rings (SSSR count). The van der Waals surface area contributed by atoms with Gasteiger partial charge in [-0.25, -0.2) is 4.98 Å². The molecule has 2 heterocycles. The van der Waals surface area contributed by atoms with Crippen LogP contribution in [0.3, 0.4) is 0 Å². The first-order valence-electron chi connectivity index (χ1n) is 6.30. The maximum Gasteiger partial charge on any atom is 0.157 e. The first-order chi connectivity index (χ1) is 8.72. The average molecular weight is 264 g/mol. The molecule has 0 bridgehead atoms. The van der Waals surface area contributed by atoms with Crippen molar-refractivity contribution in [2.24, 2.45) is 0 Å². The Kier molecular flexibility index (Phi) is 4.47. The maximum absolute atomic E-state index is 4.60. The SMILES string of the molecule is CSCCCNc1cc(C(C)C)nc2ccnn12. The number of fused-ring (bicyclic) bond motifs is 1. The Morgan fingerprint density at radius 2 is 2.28 bits per heavy atom. The summed E-state index contributed by atoms with van der Waals surface area (Å²) in [6.45, 7) is 5.29. The Bertz CT molecular complexity index is 507. The summed E-state index contributed by atoms with van der Waals surface area (Å²) < 4.78 is 1.87. The van der Waals surface area contributed by atoms with Crippen LogP contribution >= 0.6 is 11.8 Å². The molecule has 0 radical (unpaired) electrons. The Balaban J connectivity index is 2.21. The highest BCUT2D eigenvalue weighted by Gasteiger charge is 2.08. The van der Waals surface area contributed by atoms with Gasteiger partial charge in [-0.15, -0.1) is 0 Å². The van der Waals surface area contributed by atoms with Crippen LogP contribution in [-0.4, -0.2) is 33.2 Å². The van der Waals surface area contributed by atoms with Crippen LogP contribution in [0.2, 0.25) is 0 Å². The zero-order chi connectivity index (χ0) is 13.0. The van der Waals surface area contributed by atoms with Crippen LogP contribution in [0.1, 0.15) is 31.9 Å². The molecule has 0 aliphatic heterocycles. The van der Waals surface area contributed by atoms with Crippen LogP contribution in [0.25, 0.3) is 5.65 Å². The van der Waals surface area contributed by atoms with E-state index in [-0.39, 0.29) is 0 Å². The summed E-state index contributed by atoms with van der Waals surface area (Å²) in [6.07, 6.45) is 5.08. The first kappa shape index (κ1) is 13.2. The number of aromatic nitrogens is 3. The second-order valence-electron chi connectivity index (χ2n) is 4.60. The van der Waals surface area contributed by atoms with Crippen molar-refractivity contribution in [2.75, 3.05) is 23.9 Å². The Morgan fingerprint density at radius 1 is 1.44 bits per heavy atom. The number of anilines is 1. The van der Waals surface area contributed by atoms with Gasteiger partial charge in [-0.2, -0.15) is 21.4 Å². The molecule has 0 amide bonds. The van der Waals surface area contributed by atoms with Gasteiger partial charge in [-0.1, -0.05) is 13.8 Å². The number of thioether (sulfide) groups is 1. The fourth-order valence-corrected chi connectivity index (χ4v) is 2.22. The van der Waals surface area contributed by atoms with E-state index < -0.39 is 0 Å². The zero-order valence-corrected chi connectivity index (χ0v) is 12.0. The third-order valence-electron chi connectivity index (χ3n) is 2.80. The Labute approximate surface area is 112 Å². The van der Waals surface area contributed by atoms with E-state index in [0.717, 1.165) is 30.1 Å². The van der Waals surface area contributed by atoms with E-state index in [1.54, 1.807) is 6.20 Å². The second-order valence-corrected chi connectivity index (χ2v) is 5.58. The number of hydrogen-bond donors (Lipinski definition) is 1. The number of hydrogen-bond acceptors (Lipinski definition) is 4. The molecule has 0 spiro atoms. The Hall–Kier alpha value is -1.23. The summed E-state index contributed by atoms with van der Waals surface area (Å²) in [7, 11) is 0. The van der Waals surface area contributed by atoms with Crippen molar-refractivity contribution in [2.45, 2.75) is 26.2 Å². The van der Waals surface area contributed by atoms with E-state index in [0.29, 0.717) is 5.92 Å². The lowest BCUT2D eigenvalue weighted by molar-refractivity contribution is 0.807. The van der Waals surface area contributed by atoms with Crippen molar-refractivity contribution >= 4 is 23.2 Å². The second kappa shape index (κ2) is 6.09. The summed E-state index contributed by atoms with van der Waals surface area (Å²) in [5.41, 5.74) is 2.02. The molecule has 4 nitrogen and oxygen atoms in total. The first-order valence-corrected chi connectivity index (χ1v) is 7.69. The van der Waals surface area contributed by atoms with Gasteiger partial charge in [0.2, 0.25) is 0 Å². The van der Waals surface area contributed by atoms with Gasteiger partial charge in [0.25, 0.3) is 0 Å². The van der Waals surface area contributed by atoms with Gasteiger partial charge in [0.05, 0.1) is 6.20 Å². The van der Waals surface area contributed by atoms with Crippen LogP contribution in [0.15, 0.2) is 18.3 Å². The van der Waals surface area contributed by atoms with Crippen LogP contribution in [0.5, 0.6) is 0 Å². The molecule has 1 N–H and O–H groups in total. The smallest absolute Gasteiger partial charge is 0.157 e. The van der Waals surface area contributed by atoms with Crippen molar-refractivity contribution in [3.63, 3.8) is 0 Å². The van der Waals surface area contributed by atoms with Crippen LogP contribution in [0, 0.1) is 0 Å².